The van der Waals surface area contributed by atoms with Crippen molar-refractivity contribution >= 4 is 46.4 Å². The van der Waals surface area contributed by atoms with E-state index in [4.69, 9.17) is 35.4 Å². The zero-order valence-corrected chi connectivity index (χ0v) is 18.3. The van der Waals surface area contributed by atoms with Crippen LogP contribution >= 0.6 is 35.4 Å². The minimum absolute atomic E-state index is 0.512. The van der Waals surface area contributed by atoms with Crippen molar-refractivity contribution in [3.8, 4) is 0 Å². The molecule has 0 spiro atoms. The van der Waals surface area contributed by atoms with Gasteiger partial charge in [0.25, 0.3) is 0 Å². The minimum atomic E-state index is 0.512. The second kappa shape index (κ2) is 8.94. The largest absolute Gasteiger partial charge is 0.358 e. The van der Waals surface area contributed by atoms with Crippen LogP contribution in [0, 0.1) is 13.8 Å². The zero-order valence-electron chi connectivity index (χ0n) is 16.0. The zero-order chi connectivity index (χ0) is 20.3. The van der Waals surface area contributed by atoms with Crippen LogP contribution in [0.15, 0.2) is 30.5 Å². The van der Waals surface area contributed by atoms with Gasteiger partial charge in [0.15, 0.2) is 10.9 Å². The van der Waals surface area contributed by atoms with E-state index in [1.165, 1.54) is 0 Å². The van der Waals surface area contributed by atoms with Gasteiger partial charge in [-0.1, -0.05) is 29.3 Å². The molecule has 9 heteroatoms. The summed E-state index contributed by atoms with van der Waals surface area (Å²) in [5.74, 6) is 0.682. The van der Waals surface area contributed by atoms with Crippen molar-refractivity contribution in [2.75, 3.05) is 5.32 Å². The molecule has 1 aromatic carbocycles. The van der Waals surface area contributed by atoms with Crippen molar-refractivity contribution < 1.29 is 0 Å². The molecule has 0 aliphatic rings. The Morgan fingerprint density at radius 1 is 1.14 bits per heavy atom. The van der Waals surface area contributed by atoms with Crippen molar-refractivity contribution in [1.29, 1.82) is 0 Å². The molecule has 0 saturated carbocycles. The van der Waals surface area contributed by atoms with Crippen molar-refractivity contribution in [3.05, 3.63) is 63.0 Å². The summed E-state index contributed by atoms with van der Waals surface area (Å²) >= 11 is 17.6. The van der Waals surface area contributed by atoms with E-state index in [2.05, 4.69) is 27.8 Å². The summed E-state index contributed by atoms with van der Waals surface area (Å²) in [6, 6.07) is 7.41. The molecule has 0 saturated heterocycles. The van der Waals surface area contributed by atoms with Gasteiger partial charge in [0.2, 0.25) is 0 Å². The number of anilines is 1. The first-order chi connectivity index (χ1) is 13.4. The van der Waals surface area contributed by atoms with Crippen LogP contribution < -0.4 is 10.6 Å². The molecule has 148 valence electrons. The van der Waals surface area contributed by atoms with Gasteiger partial charge in [0.1, 0.15) is 0 Å². The molecule has 2 N–H and O–H groups in total. The number of hydrogen-bond acceptors (Lipinski definition) is 3. The highest BCUT2D eigenvalue weighted by Crippen LogP contribution is 2.22. The van der Waals surface area contributed by atoms with Crippen LogP contribution in [0.3, 0.4) is 0 Å². The fraction of sp³-hybridized carbons (Fsp3) is 0.316. The van der Waals surface area contributed by atoms with E-state index >= 15 is 0 Å². The standard InChI is InChI=1S/C19H22Cl2N6S/c1-4-26-10-15(13(3)24-26)9-22-19(28)23-18-7-12(2)27(25-18)11-14-5-6-16(20)8-17(14)21/h5-8,10H,4,9,11H2,1-3H3,(H2,22,23,25,28). The fourth-order valence-corrected chi connectivity index (χ4v) is 3.42. The number of aryl methyl sites for hydroxylation is 3. The predicted molar refractivity (Wildman–Crippen MR) is 118 cm³/mol. The number of rotatable bonds is 6. The second-order valence-corrected chi connectivity index (χ2v) is 7.72. The summed E-state index contributed by atoms with van der Waals surface area (Å²) in [6.07, 6.45) is 2.03. The lowest BCUT2D eigenvalue weighted by Gasteiger charge is -2.08. The van der Waals surface area contributed by atoms with Crippen LogP contribution in [0.5, 0.6) is 0 Å². The number of thiocarbonyl (C=S) groups is 1. The number of aromatic nitrogens is 4. The summed E-state index contributed by atoms with van der Waals surface area (Å²) in [4.78, 5) is 0. The normalized spacial score (nSPS) is 10.9. The number of benzene rings is 1. The van der Waals surface area contributed by atoms with Gasteiger partial charge in [-0.05, 0) is 50.7 Å². The highest BCUT2D eigenvalue weighted by molar-refractivity contribution is 7.80. The summed E-state index contributed by atoms with van der Waals surface area (Å²) in [6.45, 7) is 8.05. The monoisotopic (exact) mass is 436 g/mol. The van der Waals surface area contributed by atoms with Gasteiger partial charge < -0.3 is 10.6 Å². The van der Waals surface area contributed by atoms with Gasteiger partial charge in [-0.25, -0.2) is 0 Å². The van der Waals surface area contributed by atoms with Crippen molar-refractivity contribution in [2.45, 2.75) is 40.4 Å². The Hall–Kier alpha value is -2.09. The number of nitrogens with one attached hydrogen (secondary N) is 2. The van der Waals surface area contributed by atoms with Crippen molar-refractivity contribution in [3.63, 3.8) is 0 Å². The number of nitrogens with zero attached hydrogens (tertiary/aromatic N) is 4. The van der Waals surface area contributed by atoms with E-state index in [0.717, 1.165) is 29.1 Å². The maximum absolute atomic E-state index is 6.27. The molecule has 0 amide bonds. The molecule has 0 atom stereocenters. The topological polar surface area (TPSA) is 59.7 Å². The third kappa shape index (κ3) is 5.04. The molecule has 2 heterocycles. The Kier molecular flexibility index (Phi) is 6.59. The molecule has 0 radical (unpaired) electrons. The highest BCUT2D eigenvalue weighted by Gasteiger charge is 2.10. The van der Waals surface area contributed by atoms with Crippen LogP contribution in [0.2, 0.25) is 10.0 Å². The van der Waals surface area contributed by atoms with Gasteiger partial charge in [0.05, 0.1) is 12.2 Å². The van der Waals surface area contributed by atoms with E-state index in [1.807, 2.05) is 47.6 Å². The van der Waals surface area contributed by atoms with E-state index in [0.29, 0.717) is 34.1 Å². The molecule has 0 aliphatic carbocycles. The Labute approximate surface area is 179 Å². The van der Waals surface area contributed by atoms with E-state index in [1.54, 1.807) is 6.07 Å². The Morgan fingerprint density at radius 2 is 1.93 bits per heavy atom. The maximum atomic E-state index is 6.27. The van der Waals surface area contributed by atoms with Crippen LogP contribution in [0.25, 0.3) is 0 Å². The van der Waals surface area contributed by atoms with Gasteiger partial charge in [0, 0.05) is 46.7 Å². The first-order valence-corrected chi connectivity index (χ1v) is 10.1. The van der Waals surface area contributed by atoms with E-state index < -0.39 is 0 Å². The highest BCUT2D eigenvalue weighted by atomic mass is 35.5. The average Bonchev–Trinajstić information content (AvgIpc) is 3.17. The third-order valence-electron chi connectivity index (χ3n) is 4.37. The van der Waals surface area contributed by atoms with Gasteiger partial charge in [-0.3, -0.25) is 9.36 Å². The third-order valence-corrected chi connectivity index (χ3v) is 5.20. The fourth-order valence-electron chi connectivity index (χ4n) is 2.77. The molecule has 0 unspecified atom stereocenters. The summed E-state index contributed by atoms with van der Waals surface area (Å²) < 4.78 is 3.78. The smallest absolute Gasteiger partial charge is 0.172 e. The van der Waals surface area contributed by atoms with Crippen molar-refractivity contribution in [2.24, 2.45) is 0 Å². The van der Waals surface area contributed by atoms with Gasteiger partial charge >= 0.3 is 0 Å². The Morgan fingerprint density at radius 3 is 2.61 bits per heavy atom. The molecule has 6 nitrogen and oxygen atoms in total. The maximum Gasteiger partial charge on any atom is 0.172 e. The first-order valence-electron chi connectivity index (χ1n) is 8.92. The summed E-state index contributed by atoms with van der Waals surface area (Å²) in [5.41, 5.74) is 4.06. The minimum Gasteiger partial charge on any atom is -0.358 e. The second-order valence-electron chi connectivity index (χ2n) is 6.47. The van der Waals surface area contributed by atoms with E-state index in [-0.39, 0.29) is 0 Å². The van der Waals surface area contributed by atoms with Crippen LogP contribution in [-0.2, 0) is 19.6 Å². The predicted octanol–water partition coefficient (Wildman–Crippen LogP) is 4.56. The molecule has 2 aromatic heterocycles. The van der Waals surface area contributed by atoms with E-state index in [9.17, 15) is 0 Å². The quantitative estimate of drug-likeness (QED) is 0.554. The molecule has 0 fully saturated rings. The molecule has 3 aromatic rings. The Bertz CT molecular complexity index is 994. The first kappa shape index (κ1) is 20.6. The lowest BCUT2D eigenvalue weighted by molar-refractivity contribution is 0.653. The SMILES string of the molecule is CCn1cc(CNC(=S)Nc2cc(C)n(Cc3ccc(Cl)cc3Cl)n2)c(C)n1. The number of hydrogen-bond donors (Lipinski definition) is 2. The van der Waals surface area contributed by atoms with Gasteiger partial charge in [-0.2, -0.15) is 10.2 Å². The molecule has 0 bridgehead atoms. The molecule has 3 rings (SSSR count). The molecular weight excluding hydrogens is 415 g/mol. The molecule has 28 heavy (non-hydrogen) atoms. The van der Waals surface area contributed by atoms with Crippen molar-refractivity contribution in [1.82, 2.24) is 24.9 Å². The molecular formula is C19H22Cl2N6S. The summed E-state index contributed by atoms with van der Waals surface area (Å²) in [5, 5.41) is 17.1. The lowest BCUT2D eigenvalue weighted by Crippen LogP contribution is -2.28. The number of halogens is 2. The lowest BCUT2D eigenvalue weighted by atomic mass is 10.2. The van der Waals surface area contributed by atoms with Gasteiger partial charge in [-0.15, -0.1) is 0 Å². The van der Waals surface area contributed by atoms with Crippen LogP contribution in [0.1, 0.15) is 29.4 Å². The van der Waals surface area contributed by atoms with Crippen LogP contribution in [0.4, 0.5) is 5.82 Å². The average molecular weight is 437 g/mol. The summed E-state index contributed by atoms with van der Waals surface area (Å²) in [7, 11) is 0. The molecule has 0 aliphatic heterocycles. The van der Waals surface area contributed by atoms with Crippen LogP contribution in [-0.4, -0.2) is 24.7 Å². The Balaban J connectivity index is 1.61.